The fraction of sp³-hybridized carbons (Fsp3) is 0.706. The normalized spacial score (nSPS) is 18.5. The number of rotatable bonds is 4. The van der Waals surface area contributed by atoms with Gasteiger partial charge in [-0.3, -0.25) is 4.79 Å². The van der Waals surface area contributed by atoms with E-state index in [0.29, 0.717) is 13.1 Å². The first-order chi connectivity index (χ1) is 11.2. The van der Waals surface area contributed by atoms with Gasteiger partial charge in [-0.15, -0.1) is 11.3 Å². The molecule has 0 bridgehead atoms. The van der Waals surface area contributed by atoms with Gasteiger partial charge in [0.1, 0.15) is 0 Å². The average Bonchev–Trinajstić information content (AvgIpc) is 2.86. The number of amides is 1. The number of carbonyl (C=O) groups excluding carboxylic acids is 1. The van der Waals surface area contributed by atoms with Crippen molar-refractivity contribution in [3.8, 4) is 0 Å². The van der Waals surface area contributed by atoms with E-state index in [1.54, 1.807) is 11.3 Å². The van der Waals surface area contributed by atoms with E-state index in [2.05, 4.69) is 42.9 Å². The van der Waals surface area contributed by atoms with Gasteiger partial charge in [-0.25, -0.2) is 9.98 Å². The Balaban J connectivity index is 2.17. The van der Waals surface area contributed by atoms with Gasteiger partial charge in [-0.2, -0.15) is 0 Å². The van der Waals surface area contributed by atoms with Crippen molar-refractivity contribution in [1.82, 2.24) is 20.1 Å². The number of guanidine groups is 1. The van der Waals surface area contributed by atoms with Gasteiger partial charge in [-0.1, -0.05) is 0 Å². The molecule has 0 saturated carbocycles. The van der Waals surface area contributed by atoms with E-state index in [1.807, 2.05) is 24.9 Å². The van der Waals surface area contributed by atoms with Gasteiger partial charge in [0.15, 0.2) is 5.96 Å². The Morgan fingerprint density at radius 1 is 1.50 bits per heavy atom. The smallest absolute Gasteiger partial charge is 0.242 e. The van der Waals surface area contributed by atoms with Gasteiger partial charge in [0, 0.05) is 30.2 Å². The van der Waals surface area contributed by atoms with E-state index in [9.17, 15) is 4.79 Å². The van der Waals surface area contributed by atoms with E-state index in [4.69, 9.17) is 4.99 Å². The molecule has 1 aliphatic rings. The second-order valence-electron chi connectivity index (χ2n) is 7.04. The first kappa shape index (κ1) is 18.7. The lowest BCUT2D eigenvalue weighted by Gasteiger charge is -2.49. The molecule has 24 heavy (non-hydrogen) atoms. The predicted octanol–water partition coefficient (Wildman–Crippen LogP) is 2.25. The number of carbonyl (C=O) groups is 1. The summed E-state index contributed by atoms with van der Waals surface area (Å²) in [5.74, 6) is 0.953. The first-order valence-electron chi connectivity index (χ1n) is 8.51. The summed E-state index contributed by atoms with van der Waals surface area (Å²) in [4.78, 5) is 26.8. The third kappa shape index (κ3) is 4.26. The zero-order chi connectivity index (χ0) is 17.9. The molecule has 134 valence electrons. The standard InChI is InChI=1S/C17H29N5OS/c1-7-18-16(20-9-14-8-19-13(4)24-14)21-10-15(23)22(12(2)3)17(5,6)11-21/h8,12H,7,9-11H2,1-6H3,(H,18,20). The lowest BCUT2D eigenvalue weighted by molar-refractivity contribution is -0.145. The van der Waals surface area contributed by atoms with Crippen LogP contribution in [-0.2, 0) is 11.3 Å². The van der Waals surface area contributed by atoms with E-state index in [-0.39, 0.29) is 17.5 Å². The van der Waals surface area contributed by atoms with Gasteiger partial charge in [0.25, 0.3) is 0 Å². The summed E-state index contributed by atoms with van der Waals surface area (Å²) in [5, 5.41) is 4.37. The summed E-state index contributed by atoms with van der Waals surface area (Å²) in [5.41, 5.74) is -0.221. The van der Waals surface area contributed by atoms with Crippen LogP contribution in [0.15, 0.2) is 11.2 Å². The molecule has 1 aromatic heterocycles. The highest BCUT2D eigenvalue weighted by Gasteiger charge is 2.40. The minimum Gasteiger partial charge on any atom is -0.356 e. The van der Waals surface area contributed by atoms with Crippen LogP contribution in [0, 0.1) is 6.92 Å². The largest absolute Gasteiger partial charge is 0.356 e. The molecule has 0 unspecified atom stereocenters. The van der Waals surface area contributed by atoms with Crippen molar-refractivity contribution in [3.63, 3.8) is 0 Å². The summed E-state index contributed by atoms with van der Waals surface area (Å²) >= 11 is 1.66. The molecule has 2 heterocycles. The molecular weight excluding hydrogens is 322 g/mol. The molecule has 0 aliphatic carbocycles. The molecule has 2 rings (SSSR count). The highest BCUT2D eigenvalue weighted by molar-refractivity contribution is 7.11. The monoisotopic (exact) mass is 351 g/mol. The molecule has 0 aromatic carbocycles. The highest BCUT2D eigenvalue weighted by atomic mass is 32.1. The molecular formula is C17H29N5OS. The Morgan fingerprint density at radius 3 is 2.71 bits per heavy atom. The second-order valence-corrected chi connectivity index (χ2v) is 8.36. The number of nitrogens with one attached hydrogen (secondary N) is 1. The van der Waals surface area contributed by atoms with Crippen LogP contribution in [0.2, 0.25) is 0 Å². The Hall–Kier alpha value is -1.63. The van der Waals surface area contributed by atoms with Crippen molar-refractivity contribution in [3.05, 3.63) is 16.1 Å². The number of hydrogen-bond donors (Lipinski definition) is 1. The zero-order valence-electron chi connectivity index (χ0n) is 15.6. The van der Waals surface area contributed by atoms with Crippen LogP contribution in [0.3, 0.4) is 0 Å². The number of thiazole rings is 1. The fourth-order valence-corrected chi connectivity index (χ4v) is 4.09. The summed E-state index contributed by atoms with van der Waals surface area (Å²) in [6.07, 6.45) is 1.87. The van der Waals surface area contributed by atoms with Crippen LogP contribution in [0.25, 0.3) is 0 Å². The van der Waals surface area contributed by atoms with Crippen LogP contribution in [0.5, 0.6) is 0 Å². The van der Waals surface area contributed by atoms with Crippen molar-refractivity contribution < 1.29 is 4.79 Å². The molecule has 1 N–H and O–H groups in total. The van der Waals surface area contributed by atoms with E-state index in [0.717, 1.165) is 28.9 Å². The predicted molar refractivity (Wildman–Crippen MR) is 99.3 cm³/mol. The van der Waals surface area contributed by atoms with E-state index in [1.165, 1.54) is 0 Å². The van der Waals surface area contributed by atoms with Gasteiger partial charge < -0.3 is 15.1 Å². The first-order valence-corrected chi connectivity index (χ1v) is 9.33. The SMILES string of the molecule is CCNC(=NCc1cnc(C)s1)N1CC(=O)N(C(C)C)C(C)(C)C1. The third-order valence-electron chi connectivity index (χ3n) is 4.03. The minimum absolute atomic E-state index is 0.153. The zero-order valence-corrected chi connectivity index (χ0v) is 16.4. The molecule has 1 aliphatic heterocycles. The van der Waals surface area contributed by atoms with Crippen molar-refractivity contribution in [2.45, 2.75) is 59.7 Å². The molecule has 1 aromatic rings. The van der Waals surface area contributed by atoms with Crippen molar-refractivity contribution in [2.24, 2.45) is 4.99 Å². The Bertz CT molecular complexity index is 608. The number of piperazine rings is 1. The van der Waals surface area contributed by atoms with Crippen molar-refractivity contribution in [1.29, 1.82) is 0 Å². The van der Waals surface area contributed by atoms with Crippen LogP contribution >= 0.6 is 11.3 Å². The Kier molecular flexibility index (Phi) is 5.85. The molecule has 0 atom stereocenters. The number of hydrogen-bond acceptors (Lipinski definition) is 4. The van der Waals surface area contributed by atoms with Gasteiger partial charge in [0.05, 0.1) is 23.6 Å². The third-order valence-corrected chi connectivity index (χ3v) is 4.93. The summed E-state index contributed by atoms with van der Waals surface area (Å²) < 4.78 is 0. The van der Waals surface area contributed by atoms with E-state index >= 15 is 0 Å². The number of aliphatic imine (C=N–C) groups is 1. The maximum atomic E-state index is 12.6. The number of aromatic nitrogens is 1. The van der Waals surface area contributed by atoms with Crippen LogP contribution in [-0.4, -0.2) is 57.9 Å². The molecule has 7 heteroatoms. The molecule has 0 radical (unpaired) electrons. The van der Waals surface area contributed by atoms with Gasteiger partial charge in [-0.05, 0) is 41.5 Å². The minimum atomic E-state index is -0.221. The number of nitrogens with zero attached hydrogens (tertiary/aromatic N) is 4. The van der Waals surface area contributed by atoms with Gasteiger partial charge >= 0.3 is 0 Å². The van der Waals surface area contributed by atoms with Crippen LogP contribution in [0.1, 0.15) is 44.5 Å². The molecule has 1 amide bonds. The Labute approximate surface area is 149 Å². The second kappa shape index (κ2) is 7.51. The van der Waals surface area contributed by atoms with Crippen molar-refractivity contribution in [2.75, 3.05) is 19.6 Å². The summed E-state index contributed by atoms with van der Waals surface area (Å²) in [7, 11) is 0. The molecule has 6 nitrogen and oxygen atoms in total. The number of aryl methyl sites for hydroxylation is 1. The quantitative estimate of drug-likeness (QED) is 0.668. The maximum absolute atomic E-state index is 12.6. The molecule has 1 fully saturated rings. The Morgan fingerprint density at radius 2 is 2.21 bits per heavy atom. The highest BCUT2D eigenvalue weighted by Crippen LogP contribution is 2.24. The van der Waals surface area contributed by atoms with Gasteiger partial charge in [0.2, 0.25) is 5.91 Å². The average molecular weight is 352 g/mol. The topological polar surface area (TPSA) is 60.8 Å². The summed E-state index contributed by atoms with van der Waals surface area (Å²) in [6, 6.07) is 0.203. The van der Waals surface area contributed by atoms with Crippen LogP contribution < -0.4 is 5.32 Å². The van der Waals surface area contributed by atoms with E-state index < -0.39 is 0 Å². The molecule has 1 saturated heterocycles. The van der Waals surface area contributed by atoms with Crippen molar-refractivity contribution >= 4 is 23.2 Å². The maximum Gasteiger partial charge on any atom is 0.242 e. The fourth-order valence-electron chi connectivity index (χ4n) is 3.37. The van der Waals surface area contributed by atoms with Crippen LogP contribution in [0.4, 0.5) is 0 Å². The lowest BCUT2D eigenvalue weighted by atomic mass is 9.96. The summed E-state index contributed by atoms with van der Waals surface area (Å²) in [6.45, 7) is 14.9. The molecule has 0 spiro atoms. The lowest BCUT2D eigenvalue weighted by Crippen LogP contribution is -2.66.